The summed E-state index contributed by atoms with van der Waals surface area (Å²) in [5.74, 6) is 0.213. The highest BCUT2D eigenvalue weighted by molar-refractivity contribution is 7.10. The number of amides is 1. The van der Waals surface area contributed by atoms with Gasteiger partial charge in [-0.25, -0.2) is 0 Å². The van der Waals surface area contributed by atoms with Gasteiger partial charge in [0.15, 0.2) is 0 Å². The van der Waals surface area contributed by atoms with Gasteiger partial charge in [-0.1, -0.05) is 12.1 Å². The largest absolute Gasteiger partial charge is 0.333 e. The van der Waals surface area contributed by atoms with Crippen molar-refractivity contribution in [3.05, 3.63) is 52.5 Å². The lowest BCUT2D eigenvalue weighted by atomic mass is 10.1. The zero-order valence-electron chi connectivity index (χ0n) is 13.3. The van der Waals surface area contributed by atoms with Crippen LogP contribution in [0.2, 0.25) is 0 Å². The number of pyridine rings is 1. The number of hydrogen-bond donors (Lipinski definition) is 1. The summed E-state index contributed by atoms with van der Waals surface area (Å²) in [7, 11) is 0. The Labute approximate surface area is 141 Å². The summed E-state index contributed by atoms with van der Waals surface area (Å²) in [4.78, 5) is 20.5. The molecule has 1 atom stereocenters. The summed E-state index contributed by atoms with van der Waals surface area (Å²) in [5.41, 5.74) is 0.962. The highest BCUT2D eigenvalue weighted by Crippen LogP contribution is 2.19. The molecule has 3 heterocycles. The number of carbonyl (C=O) groups is 1. The number of nitrogens with one attached hydrogen (secondary N) is 1. The Morgan fingerprint density at radius 1 is 1.26 bits per heavy atom. The first-order chi connectivity index (χ1) is 11.3. The van der Waals surface area contributed by atoms with E-state index in [1.165, 1.54) is 0 Å². The zero-order chi connectivity index (χ0) is 15.9. The van der Waals surface area contributed by atoms with E-state index >= 15 is 0 Å². The number of hydrogen-bond acceptors (Lipinski definition) is 4. The number of thiophene rings is 1. The number of aromatic nitrogens is 1. The van der Waals surface area contributed by atoms with Crippen molar-refractivity contribution in [3.8, 4) is 0 Å². The molecular weight excluding hydrogens is 306 g/mol. The van der Waals surface area contributed by atoms with Gasteiger partial charge in [0.2, 0.25) is 5.91 Å². The van der Waals surface area contributed by atoms with Gasteiger partial charge in [0.25, 0.3) is 0 Å². The van der Waals surface area contributed by atoms with Crippen LogP contribution < -0.4 is 5.32 Å². The SMILES string of the molecule is O=C(Cc1cccs1)N(Cc1ccccn1)C1CCCNCC1. The molecule has 0 bridgehead atoms. The first-order valence-electron chi connectivity index (χ1n) is 8.25. The van der Waals surface area contributed by atoms with E-state index in [0.29, 0.717) is 19.0 Å². The van der Waals surface area contributed by atoms with Gasteiger partial charge in [-0.05, 0) is 55.9 Å². The number of nitrogens with zero attached hydrogens (tertiary/aromatic N) is 2. The number of rotatable bonds is 5. The lowest BCUT2D eigenvalue weighted by molar-refractivity contribution is -0.133. The average molecular weight is 329 g/mol. The molecule has 1 unspecified atom stereocenters. The first-order valence-corrected chi connectivity index (χ1v) is 9.13. The summed E-state index contributed by atoms with van der Waals surface area (Å²) in [6.45, 7) is 2.64. The molecule has 5 heteroatoms. The molecule has 0 aromatic carbocycles. The third kappa shape index (κ3) is 4.62. The zero-order valence-corrected chi connectivity index (χ0v) is 14.1. The third-order valence-electron chi connectivity index (χ3n) is 4.27. The molecule has 4 nitrogen and oxygen atoms in total. The van der Waals surface area contributed by atoms with Crippen molar-refractivity contribution in [1.82, 2.24) is 15.2 Å². The predicted octanol–water partition coefficient (Wildman–Crippen LogP) is 2.86. The minimum atomic E-state index is 0.213. The molecule has 0 aliphatic carbocycles. The van der Waals surface area contributed by atoms with E-state index in [0.717, 1.165) is 42.9 Å². The molecule has 1 fully saturated rings. The van der Waals surface area contributed by atoms with Crippen molar-refractivity contribution in [2.75, 3.05) is 13.1 Å². The van der Waals surface area contributed by atoms with E-state index in [-0.39, 0.29) is 5.91 Å². The Bertz CT molecular complexity index is 592. The molecule has 1 aliphatic heterocycles. The standard InChI is InChI=1S/C18H23N3OS/c22-18(13-17-7-4-12-23-17)21(14-15-5-1-2-10-20-15)16-6-3-9-19-11-8-16/h1-2,4-5,7,10,12,16,19H,3,6,8-9,11,13-14H2. The quantitative estimate of drug-likeness (QED) is 0.917. The van der Waals surface area contributed by atoms with Crippen molar-refractivity contribution in [3.63, 3.8) is 0 Å². The summed E-state index contributed by atoms with van der Waals surface area (Å²) in [6.07, 6.45) is 5.50. The van der Waals surface area contributed by atoms with E-state index in [4.69, 9.17) is 0 Å². The Morgan fingerprint density at radius 2 is 2.22 bits per heavy atom. The second-order valence-electron chi connectivity index (χ2n) is 5.93. The second kappa shape index (κ2) is 8.22. The Morgan fingerprint density at radius 3 is 3.00 bits per heavy atom. The van der Waals surface area contributed by atoms with E-state index < -0.39 is 0 Å². The van der Waals surface area contributed by atoms with Gasteiger partial charge < -0.3 is 10.2 Å². The highest BCUT2D eigenvalue weighted by atomic mass is 32.1. The van der Waals surface area contributed by atoms with Crippen LogP contribution in [0.4, 0.5) is 0 Å². The average Bonchev–Trinajstić information content (AvgIpc) is 2.93. The maximum absolute atomic E-state index is 12.9. The summed E-state index contributed by atoms with van der Waals surface area (Å²) < 4.78 is 0. The fourth-order valence-electron chi connectivity index (χ4n) is 3.06. The molecule has 1 aliphatic rings. The molecule has 2 aromatic heterocycles. The lowest BCUT2D eigenvalue weighted by Crippen LogP contribution is -2.41. The maximum Gasteiger partial charge on any atom is 0.228 e. The van der Waals surface area contributed by atoms with Crippen LogP contribution in [-0.2, 0) is 17.8 Å². The molecule has 0 saturated carbocycles. The van der Waals surface area contributed by atoms with Crippen LogP contribution in [-0.4, -0.2) is 34.9 Å². The van der Waals surface area contributed by atoms with Crippen LogP contribution in [0.1, 0.15) is 29.8 Å². The molecule has 23 heavy (non-hydrogen) atoms. The Hall–Kier alpha value is -1.72. The van der Waals surface area contributed by atoms with E-state index in [1.807, 2.05) is 35.7 Å². The molecule has 0 spiro atoms. The Kier molecular flexibility index (Phi) is 5.77. The van der Waals surface area contributed by atoms with Gasteiger partial charge >= 0.3 is 0 Å². The van der Waals surface area contributed by atoms with E-state index in [9.17, 15) is 4.79 Å². The fourth-order valence-corrected chi connectivity index (χ4v) is 3.76. The number of carbonyl (C=O) groups excluding carboxylic acids is 1. The molecule has 2 aromatic rings. The monoisotopic (exact) mass is 329 g/mol. The maximum atomic E-state index is 12.9. The van der Waals surface area contributed by atoms with Crippen molar-refractivity contribution < 1.29 is 4.79 Å². The van der Waals surface area contributed by atoms with E-state index in [2.05, 4.69) is 15.2 Å². The minimum absolute atomic E-state index is 0.213. The van der Waals surface area contributed by atoms with Crippen molar-refractivity contribution in [1.29, 1.82) is 0 Å². The molecule has 1 N–H and O–H groups in total. The Balaban J connectivity index is 1.75. The highest BCUT2D eigenvalue weighted by Gasteiger charge is 2.25. The third-order valence-corrected chi connectivity index (χ3v) is 5.15. The first kappa shape index (κ1) is 16.1. The smallest absolute Gasteiger partial charge is 0.228 e. The van der Waals surface area contributed by atoms with Gasteiger partial charge in [-0.15, -0.1) is 11.3 Å². The van der Waals surface area contributed by atoms with Crippen molar-refractivity contribution in [2.45, 2.75) is 38.3 Å². The van der Waals surface area contributed by atoms with Crippen LogP contribution in [0.25, 0.3) is 0 Å². The van der Waals surface area contributed by atoms with Gasteiger partial charge in [0.1, 0.15) is 0 Å². The summed E-state index contributed by atoms with van der Waals surface area (Å²) in [5, 5.41) is 5.46. The predicted molar refractivity (Wildman–Crippen MR) is 93.3 cm³/mol. The van der Waals surface area contributed by atoms with Gasteiger partial charge in [-0.2, -0.15) is 0 Å². The topological polar surface area (TPSA) is 45.2 Å². The normalized spacial score (nSPS) is 18.3. The fraction of sp³-hybridized carbons (Fsp3) is 0.444. The van der Waals surface area contributed by atoms with Gasteiger partial charge in [0.05, 0.1) is 18.7 Å². The lowest BCUT2D eigenvalue weighted by Gasteiger charge is -2.31. The molecular formula is C18H23N3OS. The minimum Gasteiger partial charge on any atom is -0.333 e. The molecule has 122 valence electrons. The summed E-state index contributed by atoms with van der Waals surface area (Å²) >= 11 is 1.65. The van der Waals surface area contributed by atoms with Crippen molar-refractivity contribution >= 4 is 17.2 Å². The van der Waals surface area contributed by atoms with Crippen LogP contribution in [0.15, 0.2) is 41.9 Å². The van der Waals surface area contributed by atoms with E-state index in [1.54, 1.807) is 17.5 Å². The molecule has 0 radical (unpaired) electrons. The molecule has 1 saturated heterocycles. The van der Waals surface area contributed by atoms with Crippen molar-refractivity contribution in [2.24, 2.45) is 0 Å². The van der Waals surface area contributed by atoms with Crippen LogP contribution >= 0.6 is 11.3 Å². The molecule has 1 amide bonds. The molecule has 3 rings (SSSR count). The van der Waals surface area contributed by atoms with Gasteiger partial charge in [0, 0.05) is 17.1 Å². The van der Waals surface area contributed by atoms with Crippen LogP contribution in [0, 0.1) is 0 Å². The summed E-state index contributed by atoms with van der Waals surface area (Å²) in [6, 6.07) is 10.2. The van der Waals surface area contributed by atoms with Crippen LogP contribution in [0.3, 0.4) is 0 Å². The van der Waals surface area contributed by atoms with Gasteiger partial charge in [-0.3, -0.25) is 9.78 Å². The second-order valence-corrected chi connectivity index (χ2v) is 6.97. The van der Waals surface area contributed by atoms with Crippen LogP contribution in [0.5, 0.6) is 0 Å².